The molecule has 2 unspecified atom stereocenters. The Morgan fingerprint density at radius 1 is 1.22 bits per heavy atom. The van der Waals surface area contributed by atoms with Crippen LogP contribution in [-0.4, -0.2) is 30.0 Å². The fraction of sp³-hybridized carbons (Fsp3) is 0.846. The first-order valence-electron chi connectivity index (χ1n) is 6.62. The quantitative estimate of drug-likeness (QED) is 0.455. The molecule has 0 N–H and O–H groups in total. The summed E-state index contributed by atoms with van der Waals surface area (Å²) < 4.78 is 10.9. The molecule has 0 amide bonds. The van der Waals surface area contributed by atoms with Crippen LogP contribution in [0.25, 0.3) is 0 Å². The third kappa shape index (κ3) is 3.54. The molecule has 18 heavy (non-hydrogen) atoms. The SMILES string of the molecule is O=C[C@H]1CC[C@H](C(=O)OC2OCCCC2Br)CC1. The van der Waals surface area contributed by atoms with Crippen molar-refractivity contribution in [2.24, 2.45) is 11.8 Å². The van der Waals surface area contributed by atoms with Gasteiger partial charge in [0.1, 0.15) is 6.29 Å². The van der Waals surface area contributed by atoms with Gasteiger partial charge >= 0.3 is 5.97 Å². The van der Waals surface area contributed by atoms with Crippen LogP contribution in [0.2, 0.25) is 0 Å². The van der Waals surface area contributed by atoms with Crippen LogP contribution in [0.5, 0.6) is 0 Å². The molecule has 0 aromatic rings. The average Bonchev–Trinajstić information content (AvgIpc) is 2.41. The Bertz CT molecular complexity index is 299. The van der Waals surface area contributed by atoms with Crippen molar-refractivity contribution >= 4 is 28.2 Å². The average molecular weight is 319 g/mol. The van der Waals surface area contributed by atoms with Gasteiger partial charge in [-0.25, -0.2) is 0 Å². The molecule has 0 radical (unpaired) electrons. The minimum atomic E-state index is -0.449. The number of rotatable bonds is 3. The van der Waals surface area contributed by atoms with Crippen molar-refractivity contribution in [3.63, 3.8) is 0 Å². The molecule has 1 aliphatic heterocycles. The number of hydrogen-bond donors (Lipinski definition) is 0. The highest BCUT2D eigenvalue weighted by Gasteiger charge is 2.32. The standard InChI is InChI=1S/C13H19BrO4/c14-11-2-1-7-17-13(11)18-12(16)10-5-3-9(8-15)4-6-10/h8-11,13H,1-7H2/t9-,10-,11?,13?. The molecular formula is C13H19BrO4. The number of ether oxygens (including phenoxy) is 2. The predicted molar refractivity (Wildman–Crippen MR) is 69.3 cm³/mol. The normalized spacial score (nSPS) is 36.9. The molecular weight excluding hydrogens is 300 g/mol. The van der Waals surface area contributed by atoms with Gasteiger partial charge in [0.15, 0.2) is 0 Å². The van der Waals surface area contributed by atoms with Crippen molar-refractivity contribution in [2.45, 2.75) is 49.6 Å². The number of carbonyl (C=O) groups is 2. The Balaban J connectivity index is 1.79. The van der Waals surface area contributed by atoms with E-state index in [0.717, 1.165) is 44.8 Å². The van der Waals surface area contributed by atoms with Gasteiger partial charge in [0.05, 0.1) is 17.4 Å². The van der Waals surface area contributed by atoms with E-state index in [-0.39, 0.29) is 22.6 Å². The number of alkyl halides is 1. The molecule has 2 rings (SSSR count). The lowest BCUT2D eigenvalue weighted by Gasteiger charge is -2.30. The Labute approximate surface area is 116 Å². The third-order valence-electron chi connectivity index (χ3n) is 3.73. The maximum Gasteiger partial charge on any atom is 0.311 e. The largest absolute Gasteiger partial charge is 0.434 e. The molecule has 5 heteroatoms. The maximum atomic E-state index is 12.0. The molecule has 4 nitrogen and oxygen atoms in total. The van der Waals surface area contributed by atoms with E-state index in [2.05, 4.69) is 15.9 Å². The summed E-state index contributed by atoms with van der Waals surface area (Å²) in [5.74, 6) is -0.106. The number of halogens is 1. The highest BCUT2D eigenvalue weighted by Crippen LogP contribution is 2.30. The van der Waals surface area contributed by atoms with Crippen LogP contribution in [0.4, 0.5) is 0 Å². The second-order valence-electron chi connectivity index (χ2n) is 5.08. The van der Waals surface area contributed by atoms with E-state index in [4.69, 9.17) is 9.47 Å². The molecule has 102 valence electrons. The number of esters is 1. The topological polar surface area (TPSA) is 52.6 Å². The van der Waals surface area contributed by atoms with Crippen molar-refractivity contribution in [3.05, 3.63) is 0 Å². The zero-order valence-corrected chi connectivity index (χ0v) is 11.9. The summed E-state index contributed by atoms with van der Waals surface area (Å²) in [5.41, 5.74) is 0. The molecule has 1 aliphatic carbocycles. The van der Waals surface area contributed by atoms with Gasteiger partial charge < -0.3 is 14.3 Å². The first-order chi connectivity index (χ1) is 8.70. The summed E-state index contributed by atoms with van der Waals surface area (Å²) in [4.78, 5) is 22.7. The van der Waals surface area contributed by atoms with Gasteiger partial charge in [-0.05, 0) is 38.5 Å². The number of carbonyl (C=O) groups excluding carboxylic acids is 2. The second kappa shape index (κ2) is 6.66. The first kappa shape index (κ1) is 14.0. The molecule has 1 saturated carbocycles. The van der Waals surface area contributed by atoms with Crippen LogP contribution in [-0.2, 0) is 19.1 Å². The van der Waals surface area contributed by atoms with Crippen LogP contribution in [0.3, 0.4) is 0 Å². The summed E-state index contributed by atoms with van der Waals surface area (Å²) >= 11 is 3.48. The molecule has 0 spiro atoms. The molecule has 2 fully saturated rings. The molecule has 2 aliphatic rings. The molecule has 1 saturated heterocycles. The lowest BCUT2D eigenvalue weighted by Crippen LogP contribution is -2.37. The van der Waals surface area contributed by atoms with Crippen molar-refractivity contribution in [1.82, 2.24) is 0 Å². The van der Waals surface area contributed by atoms with Crippen LogP contribution in [0.15, 0.2) is 0 Å². The molecule has 1 heterocycles. The summed E-state index contributed by atoms with van der Waals surface area (Å²) in [5, 5.41) is 0. The van der Waals surface area contributed by atoms with Crippen molar-refractivity contribution in [2.75, 3.05) is 6.61 Å². The van der Waals surface area contributed by atoms with E-state index in [1.807, 2.05) is 0 Å². The number of hydrogen-bond acceptors (Lipinski definition) is 4. The zero-order chi connectivity index (χ0) is 13.0. The Morgan fingerprint density at radius 2 is 1.94 bits per heavy atom. The van der Waals surface area contributed by atoms with E-state index in [1.165, 1.54) is 0 Å². The van der Waals surface area contributed by atoms with E-state index < -0.39 is 6.29 Å². The smallest absolute Gasteiger partial charge is 0.311 e. The van der Waals surface area contributed by atoms with E-state index >= 15 is 0 Å². The van der Waals surface area contributed by atoms with Crippen molar-refractivity contribution < 1.29 is 19.1 Å². The van der Waals surface area contributed by atoms with Crippen LogP contribution in [0.1, 0.15) is 38.5 Å². The fourth-order valence-electron chi connectivity index (χ4n) is 2.53. The lowest BCUT2D eigenvalue weighted by atomic mass is 9.83. The monoisotopic (exact) mass is 318 g/mol. The Morgan fingerprint density at radius 3 is 2.56 bits per heavy atom. The highest BCUT2D eigenvalue weighted by atomic mass is 79.9. The summed E-state index contributed by atoms with van der Waals surface area (Å²) in [7, 11) is 0. The van der Waals surface area contributed by atoms with Gasteiger partial charge in [-0.15, -0.1) is 0 Å². The summed E-state index contributed by atoms with van der Waals surface area (Å²) in [6.45, 7) is 0.651. The first-order valence-corrected chi connectivity index (χ1v) is 7.53. The molecule has 0 aromatic heterocycles. The van der Waals surface area contributed by atoms with Crippen LogP contribution in [0, 0.1) is 11.8 Å². The van der Waals surface area contributed by atoms with Gasteiger partial charge in [0, 0.05) is 5.92 Å². The third-order valence-corrected chi connectivity index (χ3v) is 4.62. The lowest BCUT2D eigenvalue weighted by molar-refractivity contribution is -0.190. The Hall–Kier alpha value is -0.420. The van der Waals surface area contributed by atoms with Crippen molar-refractivity contribution in [3.8, 4) is 0 Å². The summed E-state index contributed by atoms with van der Waals surface area (Å²) in [6, 6.07) is 0. The van der Waals surface area contributed by atoms with E-state index in [1.54, 1.807) is 0 Å². The summed E-state index contributed by atoms with van der Waals surface area (Å²) in [6.07, 6.45) is 5.61. The van der Waals surface area contributed by atoms with Crippen LogP contribution < -0.4 is 0 Å². The zero-order valence-electron chi connectivity index (χ0n) is 10.3. The minimum Gasteiger partial charge on any atom is -0.434 e. The van der Waals surface area contributed by atoms with Crippen LogP contribution >= 0.6 is 15.9 Å². The van der Waals surface area contributed by atoms with Gasteiger partial charge in [0.25, 0.3) is 0 Å². The molecule has 2 atom stereocenters. The minimum absolute atomic E-state index is 0.0635. The fourth-order valence-corrected chi connectivity index (χ4v) is 3.11. The van der Waals surface area contributed by atoms with Gasteiger partial charge in [-0.3, -0.25) is 4.79 Å². The number of aldehydes is 1. The maximum absolute atomic E-state index is 12.0. The second-order valence-corrected chi connectivity index (χ2v) is 6.26. The molecule has 0 bridgehead atoms. The van der Waals surface area contributed by atoms with Crippen molar-refractivity contribution in [1.29, 1.82) is 0 Å². The highest BCUT2D eigenvalue weighted by molar-refractivity contribution is 9.09. The van der Waals surface area contributed by atoms with Gasteiger partial charge in [-0.2, -0.15) is 0 Å². The van der Waals surface area contributed by atoms with Gasteiger partial charge in [-0.1, -0.05) is 15.9 Å². The molecule has 0 aromatic carbocycles. The van der Waals surface area contributed by atoms with Gasteiger partial charge in [0.2, 0.25) is 6.29 Å². The van der Waals surface area contributed by atoms with E-state index in [0.29, 0.717) is 6.61 Å². The van der Waals surface area contributed by atoms with E-state index in [9.17, 15) is 9.59 Å². The Kier molecular flexibility index (Phi) is 5.18. The predicted octanol–water partition coefficient (Wildman–Crippen LogP) is 2.43.